The zero-order valence-electron chi connectivity index (χ0n) is 13.8. The topological polar surface area (TPSA) is 7.12 Å². The molecule has 0 radical (unpaired) electrons. The molecule has 0 bridgehead atoms. The molecule has 0 fully saturated rings. The summed E-state index contributed by atoms with van der Waals surface area (Å²) in [6, 6.07) is 5.03. The fraction of sp³-hybridized carbons (Fsp3) is 0.706. The molecule has 1 atom stereocenters. The number of aromatic nitrogens is 1. The van der Waals surface area contributed by atoms with E-state index in [1.54, 1.807) is 0 Å². The van der Waals surface area contributed by atoms with Gasteiger partial charge in [0.1, 0.15) is 6.54 Å². The predicted octanol–water partition coefficient (Wildman–Crippen LogP) is 3.67. The van der Waals surface area contributed by atoms with Crippen LogP contribution in [0.4, 0.5) is 0 Å². The zero-order chi connectivity index (χ0) is 14.6. The first-order valence-electron chi connectivity index (χ1n) is 7.53. The van der Waals surface area contributed by atoms with Crippen LogP contribution in [0.3, 0.4) is 0 Å². The Morgan fingerprint density at radius 2 is 1.68 bits per heavy atom. The molecule has 2 heteroatoms. The van der Waals surface area contributed by atoms with Crippen LogP contribution in [-0.4, -0.2) is 18.5 Å². The van der Waals surface area contributed by atoms with Crippen molar-refractivity contribution in [2.45, 2.75) is 54.1 Å². The summed E-state index contributed by atoms with van der Waals surface area (Å²) >= 11 is 0. The molecule has 0 aromatic carbocycles. The van der Waals surface area contributed by atoms with E-state index in [1.807, 2.05) is 0 Å². The third kappa shape index (κ3) is 3.56. The second-order valence-corrected chi connectivity index (χ2v) is 6.41. The zero-order valence-corrected chi connectivity index (χ0v) is 13.8. The molecule has 0 N–H and O–H groups in total. The number of hydrogen-bond acceptors (Lipinski definition) is 1. The summed E-state index contributed by atoms with van der Waals surface area (Å²) in [5.74, 6) is 0.644. The molecule has 19 heavy (non-hydrogen) atoms. The van der Waals surface area contributed by atoms with Crippen LogP contribution in [0.1, 0.15) is 53.1 Å². The highest BCUT2D eigenvalue weighted by Crippen LogP contribution is 2.42. The fourth-order valence-electron chi connectivity index (χ4n) is 2.61. The van der Waals surface area contributed by atoms with E-state index in [0.717, 1.165) is 13.1 Å². The van der Waals surface area contributed by atoms with Crippen molar-refractivity contribution in [3.63, 3.8) is 0 Å². The van der Waals surface area contributed by atoms with E-state index in [-0.39, 0.29) is 5.41 Å². The Morgan fingerprint density at radius 3 is 2.05 bits per heavy atom. The smallest absolute Gasteiger partial charge is 0.169 e. The standard InChI is InChI=1S/C17H31N2/c1-8-18(7)16(17(5,6)14(3)4)15-10-12-19(9-2)13-11-15/h10-14,16H,8-9H2,1-7H3/q+1. The second kappa shape index (κ2) is 6.51. The molecule has 0 saturated heterocycles. The summed E-state index contributed by atoms with van der Waals surface area (Å²) in [5, 5.41) is 0. The van der Waals surface area contributed by atoms with Crippen molar-refractivity contribution in [2.24, 2.45) is 11.3 Å². The van der Waals surface area contributed by atoms with Crippen molar-refractivity contribution in [1.82, 2.24) is 4.90 Å². The van der Waals surface area contributed by atoms with Gasteiger partial charge in [-0.15, -0.1) is 0 Å². The number of aryl methyl sites for hydroxylation is 1. The van der Waals surface area contributed by atoms with E-state index in [0.29, 0.717) is 12.0 Å². The highest BCUT2D eigenvalue weighted by atomic mass is 15.1. The summed E-state index contributed by atoms with van der Waals surface area (Å²) in [6.45, 7) is 15.9. The van der Waals surface area contributed by atoms with Gasteiger partial charge >= 0.3 is 0 Å². The highest BCUT2D eigenvalue weighted by Gasteiger charge is 2.36. The summed E-state index contributed by atoms with van der Waals surface area (Å²) < 4.78 is 2.22. The van der Waals surface area contributed by atoms with Gasteiger partial charge in [-0.2, -0.15) is 0 Å². The molecule has 0 aliphatic rings. The van der Waals surface area contributed by atoms with Gasteiger partial charge in [0.15, 0.2) is 12.4 Å². The Bertz CT molecular complexity index is 379. The normalized spacial score (nSPS) is 14.2. The monoisotopic (exact) mass is 263 g/mol. The van der Waals surface area contributed by atoms with Gasteiger partial charge in [0.25, 0.3) is 0 Å². The maximum atomic E-state index is 2.46. The van der Waals surface area contributed by atoms with Crippen molar-refractivity contribution in [3.8, 4) is 0 Å². The lowest BCUT2D eigenvalue weighted by molar-refractivity contribution is -0.693. The van der Waals surface area contributed by atoms with E-state index in [9.17, 15) is 0 Å². The van der Waals surface area contributed by atoms with Crippen LogP contribution in [0.5, 0.6) is 0 Å². The van der Waals surface area contributed by atoms with E-state index in [1.165, 1.54) is 5.56 Å². The molecule has 1 aromatic rings. The first-order valence-corrected chi connectivity index (χ1v) is 7.53. The van der Waals surface area contributed by atoms with E-state index in [4.69, 9.17) is 0 Å². The average molecular weight is 263 g/mol. The molecule has 2 nitrogen and oxygen atoms in total. The lowest BCUT2D eigenvalue weighted by atomic mass is 9.71. The maximum Gasteiger partial charge on any atom is 0.169 e. The largest absolute Gasteiger partial charge is 0.299 e. The Labute approximate surface area is 119 Å². The molecule has 1 rings (SSSR count). The number of pyridine rings is 1. The molecule has 1 unspecified atom stereocenters. The molecule has 0 amide bonds. The molecule has 0 spiro atoms. The summed E-state index contributed by atoms with van der Waals surface area (Å²) in [6.07, 6.45) is 4.39. The lowest BCUT2D eigenvalue weighted by Gasteiger charge is -2.43. The van der Waals surface area contributed by atoms with Gasteiger partial charge in [0, 0.05) is 18.2 Å². The van der Waals surface area contributed by atoms with Gasteiger partial charge < -0.3 is 0 Å². The van der Waals surface area contributed by atoms with E-state index >= 15 is 0 Å². The van der Waals surface area contributed by atoms with Crippen LogP contribution in [-0.2, 0) is 6.54 Å². The molecule has 0 aliphatic heterocycles. The van der Waals surface area contributed by atoms with Crippen molar-refractivity contribution >= 4 is 0 Å². The molecule has 0 aliphatic carbocycles. The van der Waals surface area contributed by atoms with Crippen LogP contribution >= 0.6 is 0 Å². The third-order valence-electron chi connectivity index (χ3n) is 4.73. The van der Waals surface area contributed by atoms with Gasteiger partial charge in [0.2, 0.25) is 0 Å². The van der Waals surface area contributed by atoms with Crippen molar-refractivity contribution in [1.29, 1.82) is 0 Å². The maximum absolute atomic E-state index is 2.46. The van der Waals surface area contributed by atoms with Crippen molar-refractivity contribution < 1.29 is 4.57 Å². The van der Waals surface area contributed by atoms with Crippen molar-refractivity contribution in [2.75, 3.05) is 13.6 Å². The van der Waals surface area contributed by atoms with Gasteiger partial charge in [-0.3, -0.25) is 4.90 Å². The van der Waals surface area contributed by atoms with Gasteiger partial charge in [-0.1, -0.05) is 34.6 Å². The van der Waals surface area contributed by atoms with E-state index < -0.39 is 0 Å². The highest BCUT2D eigenvalue weighted by molar-refractivity contribution is 5.17. The quantitative estimate of drug-likeness (QED) is 0.710. The van der Waals surface area contributed by atoms with E-state index in [2.05, 4.69) is 82.6 Å². The first-order chi connectivity index (χ1) is 8.84. The van der Waals surface area contributed by atoms with Crippen LogP contribution in [0.15, 0.2) is 24.5 Å². The van der Waals surface area contributed by atoms with Crippen LogP contribution in [0.2, 0.25) is 0 Å². The molecule has 1 heterocycles. The third-order valence-corrected chi connectivity index (χ3v) is 4.73. The molecule has 1 aromatic heterocycles. The van der Waals surface area contributed by atoms with Gasteiger partial charge in [0.05, 0.1) is 0 Å². The number of nitrogens with zero attached hydrogens (tertiary/aromatic N) is 2. The first kappa shape index (κ1) is 16.2. The lowest BCUT2D eigenvalue weighted by Crippen LogP contribution is -2.40. The number of rotatable bonds is 6. The minimum absolute atomic E-state index is 0.253. The van der Waals surface area contributed by atoms with Crippen LogP contribution < -0.4 is 4.57 Å². The molecular weight excluding hydrogens is 232 g/mol. The predicted molar refractivity (Wildman–Crippen MR) is 82.0 cm³/mol. The van der Waals surface area contributed by atoms with Crippen LogP contribution in [0.25, 0.3) is 0 Å². The summed E-state index contributed by atoms with van der Waals surface area (Å²) in [5.41, 5.74) is 1.68. The molecule has 108 valence electrons. The minimum atomic E-state index is 0.253. The number of hydrogen-bond donors (Lipinski definition) is 0. The van der Waals surface area contributed by atoms with Crippen molar-refractivity contribution in [3.05, 3.63) is 30.1 Å². The molecular formula is C17H31N2+. The minimum Gasteiger partial charge on any atom is -0.299 e. The fourth-order valence-corrected chi connectivity index (χ4v) is 2.61. The Morgan fingerprint density at radius 1 is 1.16 bits per heavy atom. The Hall–Kier alpha value is -0.890. The second-order valence-electron chi connectivity index (χ2n) is 6.41. The molecule has 0 saturated carbocycles. The SMILES string of the molecule is CCN(C)C(c1cc[n+](CC)cc1)C(C)(C)C(C)C. The Kier molecular flexibility index (Phi) is 5.54. The van der Waals surface area contributed by atoms with Gasteiger partial charge in [-0.25, -0.2) is 4.57 Å². The summed E-state index contributed by atoms with van der Waals surface area (Å²) in [4.78, 5) is 2.46. The average Bonchev–Trinajstić information content (AvgIpc) is 2.39. The Balaban J connectivity index is 3.16. The summed E-state index contributed by atoms with van der Waals surface area (Å²) in [7, 11) is 2.23. The van der Waals surface area contributed by atoms with Crippen LogP contribution in [0, 0.1) is 11.3 Å². The van der Waals surface area contributed by atoms with Gasteiger partial charge in [-0.05, 0) is 37.4 Å².